The zero-order valence-corrected chi connectivity index (χ0v) is 26.4. The average molecular weight is 629 g/mol. The van der Waals surface area contributed by atoms with Gasteiger partial charge in [0.25, 0.3) is 0 Å². The van der Waals surface area contributed by atoms with Gasteiger partial charge in [-0.3, -0.25) is 0 Å². The number of rotatable bonds is 3. The molecule has 10 rings (SSSR count). The molecule has 0 N–H and O–H groups in total. The summed E-state index contributed by atoms with van der Waals surface area (Å²) in [7, 11) is 0. The Morgan fingerprint density at radius 3 is 1.73 bits per heavy atom. The Morgan fingerprint density at radius 2 is 1.06 bits per heavy atom. The summed E-state index contributed by atoms with van der Waals surface area (Å²) in [5, 5.41) is 13.6. The van der Waals surface area contributed by atoms with Crippen LogP contribution in [-0.4, -0.2) is 15.0 Å². The molecule has 1 atom stereocenters. The maximum absolute atomic E-state index is 10.4. The van der Waals surface area contributed by atoms with Crippen LogP contribution in [-0.2, 0) is 5.41 Å². The molecule has 48 heavy (non-hydrogen) atoms. The number of nitriles is 1. The molecule has 0 fully saturated rings. The molecule has 0 bridgehead atoms. The lowest BCUT2D eigenvalue weighted by Crippen LogP contribution is -2.26. The van der Waals surface area contributed by atoms with Crippen molar-refractivity contribution < 1.29 is 0 Å². The molecule has 2 aromatic heterocycles. The van der Waals surface area contributed by atoms with Gasteiger partial charge in [0.1, 0.15) is 6.07 Å². The minimum absolute atomic E-state index is 0.604. The fraction of sp³-hybridized carbons (Fsp3) is 0.0233. The van der Waals surface area contributed by atoms with Gasteiger partial charge in [-0.1, -0.05) is 121 Å². The highest BCUT2D eigenvalue weighted by molar-refractivity contribution is 7.17. The van der Waals surface area contributed by atoms with Crippen molar-refractivity contribution >= 4 is 21.4 Å². The van der Waals surface area contributed by atoms with Gasteiger partial charge in [-0.05, 0) is 68.1 Å². The van der Waals surface area contributed by atoms with Crippen LogP contribution in [0, 0.1) is 11.3 Å². The fourth-order valence-corrected chi connectivity index (χ4v) is 8.79. The molecule has 1 spiro atoms. The van der Waals surface area contributed by atoms with Crippen LogP contribution >= 0.6 is 11.3 Å². The molecular weight excluding hydrogens is 605 g/mol. The van der Waals surface area contributed by atoms with Crippen molar-refractivity contribution in [3.8, 4) is 62.5 Å². The van der Waals surface area contributed by atoms with E-state index in [1.165, 1.54) is 38.9 Å². The molecular formula is C43H24N4S. The van der Waals surface area contributed by atoms with E-state index in [9.17, 15) is 5.26 Å². The minimum atomic E-state index is -0.604. The molecule has 8 aromatic rings. The standard InChI is InChI=1S/C43H24N4S/c44-25-29-24-37-38(33-21-22-48-39(29)33)32-16-8-10-18-35(32)43(37)34-17-9-7-15-30(34)31-20-19-28(23-36(31)43)42-46-40(26-11-3-1-4-12-26)45-41(47-42)27-13-5-2-6-14-27/h1-24H. The van der Waals surface area contributed by atoms with Gasteiger partial charge < -0.3 is 0 Å². The van der Waals surface area contributed by atoms with Crippen LogP contribution in [0.1, 0.15) is 27.8 Å². The highest BCUT2D eigenvalue weighted by atomic mass is 32.1. The normalized spacial score (nSPS) is 15.1. The summed E-state index contributed by atoms with van der Waals surface area (Å²) >= 11 is 1.64. The SMILES string of the molecule is N#Cc1cc2c(c3ccsc13)-c1ccccc1C21c2ccccc2-c2ccc(-c3nc(-c4ccccc4)nc(-c4ccccc4)n3)cc21. The quantitative estimate of drug-likeness (QED) is 0.195. The van der Waals surface area contributed by atoms with Gasteiger partial charge in [-0.2, -0.15) is 5.26 Å². The summed E-state index contributed by atoms with van der Waals surface area (Å²) < 4.78 is 1.04. The van der Waals surface area contributed by atoms with E-state index in [2.05, 4.69) is 90.3 Å². The summed E-state index contributed by atoms with van der Waals surface area (Å²) in [6, 6.07) is 51.2. The Labute approximate surface area is 281 Å². The average Bonchev–Trinajstić information content (AvgIpc) is 3.84. The molecule has 0 aliphatic heterocycles. The van der Waals surface area contributed by atoms with E-state index in [1.807, 2.05) is 60.7 Å². The van der Waals surface area contributed by atoms with Crippen LogP contribution < -0.4 is 0 Å². The van der Waals surface area contributed by atoms with E-state index in [4.69, 9.17) is 15.0 Å². The summed E-state index contributed by atoms with van der Waals surface area (Å²) in [5.41, 5.74) is 12.5. The molecule has 0 amide bonds. The van der Waals surface area contributed by atoms with Crippen molar-refractivity contribution in [1.29, 1.82) is 5.26 Å². The lowest BCUT2D eigenvalue weighted by molar-refractivity contribution is 0.794. The molecule has 5 heteroatoms. The van der Waals surface area contributed by atoms with Gasteiger partial charge in [0.2, 0.25) is 0 Å². The number of hydrogen-bond acceptors (Lipinski definition) is 5. The summed E-state index contributed by atoms with van der Waals surface area (Å²) in [6.07, 6.45) is 0. The van der Waals surface area contributed by atoms with Crippen LogP contribution in [0.3, 0.4) is 0 Å². The first-order valence-electron chi connectivity index (χ1n) is 15.9. The van der Waals surface area contributed by atoms with Crippen LogP contribution in [0.4, 0.5) is 0 Å². The Morgan fingerprint density at radius 1 is 0.500 bits per heavy atom. The lowest BCUT2D eigenvalue weighted by atomic mass is 9.70. The van der Waals surface area contributed by atoms with Crippen LogP contribution in [0.2, 0.25) is 0 Å². The van der Waals surface area contributed by atoms with Crippen molar-refractivity contribution in [3.63, 3.8) is 0 Å². The summed E-state index contributed by atoms with van der Waals surface area (Å²) in [4.78, 5) is 15.1. The predicted molar refractivity (Wildman–Crippen MR) is 193 cm³/mol. The second kappa shape index (κ2) is 10.1. The monoisotopic (exact) mass is 628 g/mol. The smallest absolute Gasteiger partial charge is 0.164 e. The predicted octanol–water partition coefficient (Wildman–Crippen LogP) is 10.3. The van der Waals surface area contributed by atoms with E-state index >= 15 is 0 Å². The molecule has 2 heterocycles. The van der Waals surface area contributed by atoms with Gasteiger partial charge >= 0.3 is 0 Å². The van der Waals surface area contributed by atoms with Gasteiger partial charge in [0, 0.05) is 22.1 Å². The number of hydrogen-bond donors (Lipinski definition) is 0. The highest BCUT2D eigenvalue weighted by Crippen LogP contribution is 2.64. The van der Waals surface area contributed by atoms with Crippen molar-refractivity contribution in [3.05, 3.63) is 173 Å². The molecule has 0 saturated carbocycles. The third-order valence-corrected chi connectivity index (χ3v) is 10.8. The third kappa shape index (κ3) is 3.61. The first-order chi connectivity index (χ1) is 23.8. The number of fused-ring (bicyclic) bond motifs is 12. The third-order valence-electron chi connectivity index (χ3n) is 9.86. The molecule has 0 radical (unpaired) electrons. The summed E-state index contributed by atoms with van der Waals surface area (Å²) in [6.45, 7) is 0. The van der Waals surface area contributed by atoms with E-state index < -0.39 is 5.41 Å². The maximum Gasteiger partial charge on any atom is 0.164 e. The molecule has 222 valence electrons. The Kier molecular flexibility index (Phi) is 5.69. The lowest BCUT2D eigenvalue weighted by Gasteiger charge is -2.30. The van der Waals surface area contributed by atoms with E-state index in [0.717, 1.165) is 32.3 Å². The number of benzene rings is 6. The number of aromatic nitrogens is 3. The molecule has 1 unspecified atom stereocenters. The van der Waals surface area contributed by atoms with Gasteiger partial charge in [0.15, 0.2) is 17.5 Å². The van der Waals surface area contributed by atoms with Crippen molar-refractivity contribution in [2.24, 2.45) is 0 Å². The number of nitrogens with zero attached hydrogens (tertiary/aromatic N) is 4. The Hall–Kier alpha value is -6.22. The largest absolute Gasteiger partial charge is 0.208 e. The fourth-order valence-electron chi connectivity index (χ4n) is 7.92. The zero-order chi connectivity index (χ0) is 31.8. The molecule has 2 aliphatic rings. The second-order valence-corrected chi connectivity index (χ2v) is 13.2. The summed E-state index contributed by atoms with van der Waals surface area (Å²) in [5.74, 6) is 1.88. The number of thiophene rings is 1. The van der Waals surface area contributed by atoms with E-state index in [1.54, 1.807) is 11.3 Å². The first-order valence-corrected chi connectivity index (χ1v) is 16.8. The zero-order valence-electron chi connectivity index (χ0n) is 25.6. The molecule has 4 nitrogen and oxygen atoms in total. The van der Waals surface area contributed by atoms with E-state index in [-0.39, 0.29) is 0 Å². The Balaban J connectivity index is 1.28. The molecule has 6 aromatic carbocycles. The van der Waals surface area contributed by atoms with Crippen LogP contribution in [0.25, 0.3) is 66.5 Å². The minimum Gasteiger partial charge on any atom is -0.208 e. The van der Waals surface area contributed by atoms with Crippen molar-refractivity contribution in [2.75, 3.05) is 0 Å². The van der Waals surface area contributed by atoms with Crippen LogP contribution in [0.15, 0.2) is 145 Å². The highest BCUT2D eigenvalue weighted by Gasteiger charge is 2.52. The first kappa shape index (κ1) is 26.9. The molecule has 2 aliphatic carbocycles. The van der Waals surface area contributed by atoms with Crippen molar-refractivity contribution in [2.45, 2.75) is 5.41 Å². The second-order valence-electron chi connectivity index (χ2n) is 12.3. The van der Waals surface area contributed by atoms with Gasteiger partial charge in [0.05, 0.1) is 15.7 Å². The van der Waals surface area contributed by atoms with Crippen LogP contribution in [0.5, 0.6) is 0 Å². The molecule has 0 saturated heterocycles. The van der Waals surface area contributed by atoms with Gasteiger partial charge in [-0.25, -0.2) is 15.0 Å². The van der Waals surface area contributed by atoms with E-state index in [0.29, 0.717) is 23.0 Å². The Bertz CT molecular complexity index is 2580. The van der Waals surface area contributed by atoms with Crippen molar-refractivity contribution in [1.82, 2.24) is 15.0 Å². The maximum atomic E-state index is 10.4. The topological polar surface area (TPSA) is 62.5 Å². The van der Waals surface area contributed by atoms with Gasteiger partial charge in [-0.15, -0.1) is 11.3 Å².